The average molecular weight is 279 g/mol. The van der Waals surface area contributed by atoms with Crippen LogP contribution < -0.4 is 5.73 Å². The zero-order valence-electron chi connectivity index (χ0n) is 12.1. The first kappa shape index (κ1) is 13.3. The normalized spacial score (nSPS) is 11.0. The van der Waals surface area contributed by atoms with Crippen LogP contribution in [0.4, 0.5) is 5.69 Å². The molecule has 0 spiro atoms. The van der Waals surface area contributed by atoms with E-state index in [9.17, 15) is 0 Å². The third-order valence-electron chi connectivity index (χ3n) is 3.42. The molecule has 3 rings (SSSR count). The van der Waals surface area contributed by atoms with Gasteiger partial charge in [0.2, 0.25) is 0 Å². The topological polar surface area (TPSA) is 69.6 Å². The van der Waals surface area contributed by atoms with Crippen molar-refractivity contribution >= 4 is 5.69 Å². The number of aromatic nitrogens is 4. The van der Waals surface area contributed by atoms with Crippen molar-refractivity contribution < 1.29 is 0 Å². The van der Waals surface area contributed by atoms with E-state index in [1.807, 2.05) is 36.4 Å². The molecule has 21 heavy (non-hydrogen) atoms. The lowest BCUT2D eigenvalue weighted by Crippen LogP contribution is -2.00. The van der Waals surface area contributed by atoms with Gasteiger partial charge in [-0.2, -0.15) is 4.68 Å². The van der Waals surface area contributed by atoms with E-state index in [2.05, 4.69) is 41.5 Å². The van der Waals surface area contributed by atoms with Crippen LogP contribution in [0.2, 0.25) is 0 Å². The molecule has 0 radical (unpaired) electrons. The molecule has 0 saturated heterocycles. The number of nitrogens with two attached hydrogens (primary N) is 1. The minimum atomic E-state index is 0.501. The molecule has 106 valence electrons. The predicted octanol–water partition coefficient (Wildman–Crippen LogP) is 3.03. The summed E-state index contributed by atoms with van der Waals surface area (Å²) < 4.78 is 1.72. The van der Waals surface area contributed by atoms with Crippen molar-refractivity contribution in [2.45, 2.75) is 19.8 Å². The van der Waals surface area contributed by atoms with Crippen LogP contribution in [0.1, 0.15) is 25.3 Å². The van der Waals surface area contributed by atoms with Gasteiger partial charge < -0.3 is 5.73 Å². The van der Waals surface area contributed by atoms with Gasteiger partial charge in [0, 0.05) is 11.3 Å². The van der Waals surface area contributed by atoms with Crippen LogP contribution in [0.15, 0.2) is 48.5 Å². The Morgan fingerprint density at radius 3 is 2.48 bits per heavy atom. The fraction of sp³-hybridized carbons (Fsp3) is 0.188. The van der Waals surface area contributed by atoms with Crippen LogP contribution in [-0.4, -0.2) is 20.2 Å². The van der Waals surface area contributed by atoms with E-state index in [-0.39, 0.29) is 0 Å². The highest BCUT2D eigenvalue weighted by Gasteiger charge is 2.11. The highest BCUT2D eigenvalue weighted by atomic mass is 15.5. The maximum absolute atomic E-state index is 5.83. The summed E-state index contributed by atoms with van der Waals surface area (Å²) in [5, 5.41) is 12.0. The van der Waals surface area contributed by atoms with Crippen molar-refractivity contribution in [1.29, 1.82) is 0 Å². The number of rotatable bonds is 3. The van der Waals surface area contributed by atoms with Crippen molar-refractivity contribution in [3.63, 3.8) is 0 Å². The Labute approximate surface area is 123 Å². The van der Waals surface area contributed by atoms with Crippen molar-refractivity contribution in [2.75, 3.05) is 5.73 Å². The SMILES string of the molecule is CC(C)c1ccc(-n2nnnc2-c2cccc(N)c2)cc1. The van der Waals surface area contributed by atoms with Crippen LogP contribution in [0.3, 0.4) is 0 Å². The Kier molecular flexibility index (Phi) is 3.39. The standard InChI is InChI=1S/C16H17N5/c1-11(2)12-6-8-15(9-7-12)21-16(18-19-20-21)13-4-3-5-14(17)10-13/h3-11H,17H2,1-2H3. The first-order valence-electron chi connectivity index (χ1n) is 6.90. The molecule has 0 amide bonds. The third kappa shape index (κ3) is 2.63. The molecule has 5 heteroatoms. The number of benzene rings is 2. The summed E-state index contributed by atoms with van der Waals surface area (Å²) >= 11 is 0. The summed E-state index contributed by atoms with van der Waals surface area (Å²) in [4.78, 5) is 0. The molecule has 0 saturated carbocycles. The molecule has 0 unspecified atom stereocenters. The lowest BCUT2D eigenvalue weighted by molar-refractivity contribution is 0.789. The van der Waals surface area contributed by atoms with Crippen LogP contribution in [-0.2, 0) is 0 Å². The first-order valence-corrected chi connectivity index (χ1v) is 6.90. The van der Waals surface area contributed by atoms with E-state index in [0.717, 1.165) is 11.3 Å². The Morgan fingerprint density at radius 1 is 1.05 bits per heavy atom. The van der Waals surface area contributed by atoms with Crippen molar-refractivity contribution in [3.05, 3.63) is 54.1 Å². The van der Waals surface area contributed by atoms with E-state index in [1.165, 1.54) is 5.56 Å². The summed E-state index contributed by atoms with van der Waals surface area (Å²) in [7, 11) is 0. The Morgan fingerprint density at radius 2 is 1.81 bits per heavy atom. The molecule has 0 aliphatic carbocycles. The molecule has 1 heterocycles. The molecule has 0 aliphatic heterocycles. The Bertz CT molecular complexity index is 743. The zero-order chi connectivity index (χ0) is 14.8. The summed E-state index contributed by atoms with van der Waals surface area (Å²) in [5.74, 6) is 1.18. The molecule has 2 N–H and O–H groups in total. The maximum atomic E-state index is 5.83. The largest absolute Gasteiger partial charge is 0.399 e. The van der Waals surface area contributed by atoms with Crippen molar-refractivity contribution in [1.82, 2.24) is 20.2 Å². The van der Waals surface area contributed by atoms with Crippen LogP contribution >= 0.6 is 0 Å². The monoisotopic (exact) mass is 279 g/mol. The quantitative estimate of drug-likeness (QED) is 0.748. The number of nitrogens with zero attached hydrogens (tertiary/aromatic N) is 4. The van der Waals surface area contributed by atoms with Gasteiger partial charge in [-0.1, -0.05) is 38.1 Å². The first-order chi connectivity index (χ1) is 10.1. The number of nitrogen functional groups attached to an aromatic ring is 1. The fourth-order valence-electron chi connectivity index (χ4n) is 2.22. The molecule has 0 aliphatic rings. The zero-order valence-corrected chi connectivity index (χ0v) is 12.1. The lowest BCUT2D eigenvalue weighted by atomic mass is 10.0. The highest BCUT2D eigenvalue weighted by Crippen LogP contribution is 2.22. The van der Waals surface area contributed by atoms with E-state index in [1.54, 1.807) is 4.68 Å². The van der Waals surface area contributed by atoms with E-state index >= 15 is 0 Å². The van der Waals surface area contributed by atoms with Gasteiger partial charge in [0.15, 0.2) is 5.82 Å². The Balaban J connectivity index is 2.02. The second-order valence-corrected chi connectivity index (χ2v) is 5.29. The van der Waals surface area contributed by atoms with Gasteiger partial charge in [0.25, 0.3) is 0 Å². The van der Waals surface area contributed by atoms with Crippen molar-refractivity contribution in [3.8, 4) is 17.1 Å². The third-order valence-corrected chi connectivity index (χ3v) is 3.42. The molecule has 1 aromatic heterocycles. The molecular weight excluding hydrogens is 262 g/mol. The summed E-state index contributed by atoms with van der Waals surface area (Å²) in [6.07, 6.45) is 0. The smallest absolute Gasteiger partial charge is 0.187 e. The van der Waals surface area contributed by atoms with E-state index in [0.29, 0.717) is 17.4 Å². The lowest BCUT2D eigenvalue weighted by Gasteiger charge is -2.08. The van der Waals surface area contributed by atoms with E-state index < -0.39 is 0 Å². The number of hydrogen-bond acceptors (Lipinski definition) is 4. The van der Waals surface area contributed by atoms with Gasteiger partial charge in [-0.3, -0.25) is 0 Å². The molecular formula is C16H17N5. The number of hydrogen-bond donors (Lipinski definition) is 1. The second-order valence-electron chi connectivity index (χ2n) is 5.29. The molecule has 2 aromatic carbocycles. The summed E-state index contributed by atoms with van der Waals surface area (Å²) in [6.45, 7) is 4.34. The number of tetrazole rings is 1. The van der Waals surface area contributed by atoms with Gasteiger partial charge in [0.05, 0.1) is 5.69 Å². The number of anilines is 1. The predicted molar refractivity (Wildman–Crippen MR) is 83.1 cm³/mol. The minimum Gasteiger partial charge on any atom is -0.399 e. The molecule has 3 aromatic rings. The minimum absolute atomic E-state index is 0.501. The van der Waals surface area contributed by atoms with Gasteiger partial charge in [-0.15, -0.1) is 5.10 Å². The molecule has 0 bridgehead atoms. The van der Waals surface area contributed by atoms with Crippen LogP contribution in [0.25, 0.3) is 17.1 Å². The van der Waals surface area contributed by atoms with Gasteiger partial charge in [0.1, 0.15) is 0 Å². The molecule has 0 fully saturated rings. The molecule has 0 atom stereocenters. The molecule has 5 nitrogen and oxygen atoms in total. The summed E-state index contributed by atoms with van der Waals surface area (Å²) in [6, 6.07) is 15.8. The second kappa shape index (κ2) is 5.36. The van der Waals surface area contributed by atoms with Crippen molar-refractivity contribution in [2.24, 2.45) is 0 Å². The van der Waals surface area contributed by atoms with Gasteiger partial charge in [-0.05, 0) is 46.2 Å². The Hall–Kier alpha value is -2.69. The highest BCUT2D eigenvalue weighted by molar-refractivity contribution is 5.62. The van der Waals surface area contributed by atoms with Gasteiger partial charge in [-0.25, -0.2) is 0 Å². The summed E-state index contributed by atoms with van der Waals surface area (Å²) in [5.41, 5.74) is 9.64. The maximum Gasteiger partial charge on any atom is 0.187 e. The van der Waals surface area contributed by atoms with Crippen LogP contribution in [0.5, 0.6) is 0 Å². The fourth-order valence-corrected chi connectivity index (χ4v) is 2.22. The van der Waals surface area contributed by atoms with Crippen LogP contribution in [0, 0.1) is 0 Å². The van der Waals surface area contributed by atoms with Gasteiger partial charge >= 0.3 is 0 Å². The van der Waals surface area contributed by atoms with E-state index in [4.69, 9.17) is 5.73 Å². The average Bonchev–Trinajstić information content (AvgIpc) is 2.97.